The lowest BCUT2D eigenvalue weighted by molar-refractivity contribution is 0.233. The summed E-state index contributed by atoms with van der Waals surface area (Å²) >= 11 is 0. The van der Waals surface area contributed by atoms with Crippen molar-refractivity contribution in [2.24, 2.45) is 0 Å². The second-order valence-corrected chi connectivity index (χ2v) is 6.58. The standard InChI is InChI=1S/C13H20FNO3S/c1-4-13(3,7-8-16)15-19(17,18)12-9-10(2)5-6-11(12)14/h5-6,9,15-16H,4,7-8H2,1-3H3. The molecule has 4 nitrogen and oxygen atoms in total. The quantitative estimate of drug-likeness (QED) is 0.841. The van der Waals surface area contributed by atoms with Crippen LogP contribution in [0.2, 0.25) is 0 Å². The van der Waals surface area contributed by atoms with E-state index in [2.05, 4.69) is 4.72 Å². The topological polar surface area (TPSA) is 66.4 Å². The van der Waals surface area contributed by atoms with Crippen molar-refractivity contribution in [1.82, 2.24) is 4.72 Å². The summed E-state index contributed by atoms with van der Waals surface area (Å²) in [4.78, 5) is -0.356. The highest BCUT2D eigenvalue weighted by Crippen LogP contribution is 2.21. The molecule has 19 heavy (non-hydrogen) atoms. The van der Waals surface area contributed by atoms with Crippen LogP contribution in [0.4, 0.5) is 4.39 Å². The van der Waals surface area contributed by atoms with Crippen LogP contribution in [0.1, 0.15) is 32.3 Å². The summed E-state index contributed by atoms with van der Waals surface area (Å²) in [5.41, 5.74) is -0.119. The molecule has 0 aromatic heterocycles. The van der Waals surface area contributed by atoms with Gasteiger partial charge in [0.1, 0.15) is 10.7 Å². The Morgan fingerprint density at radius 1 is 1.42 bits per heavy atom. The Bertz CT molecular complexity index is 545. The molecule has 1 aromatic carbocycles. The zero-order chi connectivity index (χ0) is 14.7. The van der Waals surface area contributed by atoms with Gasteiger partial charge in [-0.05, 0) is 44.4 Å². The van der Waals surface area contributed by atoms with Crippen molar-refractivity contribution in [3.8, 4) is 0 Å². The van der Waals surface area contributed by atoms with Crippen LogP contribution in [0, 0.1) is 12.7 Å². The predicted octanol–water partition coefficient (Wildman–Crippen LogP) is 1.96. The highest BCUT2D eigenvalue weighted by molar-refractivity contribution is 7.89. The van der Waals surface area contributed by atoms with Crippen molar-refractivity contribution in [3.63, 3.8) is 0 Å². The van der Waals surface area contributed by atoms with Crippen molar-refractivity contribution in [2.45, 2.75) is 44.0 Å². The molecule has 0 spiro atoms. The number of aliphatic hydroxyl groups excluding tert-OH is 1. The highest BCUT2D eigenvalue weighted by atomic mass is 32.2. The van der Waals surface area contributed by atoms with Gasteiger partial charge >= 0.3 is 0 Å². The Labute approximate surface area is 113 Å². The average molecular weight is 289 g/mol. The summed E-state index contributed by atoms with van der Waals surface area (Å²) in [7, 11) is -3.94. The van der Waals surface area contributed by atoms with Crippen molar-refractivity contribution in [1.29, 1.82) is 0 Å². The molecule has 0 amide bonds. The number of sulfonamides is 1. The molecule has 1 aromatic rings. The SMILES string of the molecule is CCC(C)(CCO)NS(=O)(=O)c1cc(C)ccc1F. The maximum absolute atomic E-state index is 13.7. The molecular weight excluding hydrogens is 269 g/mol. The van der Waals surface area contributed by atoms with E-state index in [0.29, 0.717) is 12.0 Å². The van der Waals surface area contributed by atoms with E-state index in [1.807, 2.05) is 6.92 Å². The van der Waals surface area contributed by atoms with Gasteiger partial charge in [0.2, 0.25) is 10.0 Å². The van der Waals surface area contributed by atoms with Crippen LogP contribution in [-0.2, 0) is 10.0 Å². The monoisotopic (exact) mass is 289 g/mol. The number of hydrogen-bond donors (Lipinski definition) is 2. The van der Waals surface area contributed by atoms with E-state index >= 15 is 0 Å². The van der Waals surface area contributed by atoms with Gasteiger partial charge in [0.15, 0.2) is 0 Å². The number of nitrogens with one attached hydrogen (secondary N) is 1. The van der Waals surface area contributed by atoms with Gasteiger partial charge in [0.25, 0.3) is 0 Å². The molecule has 1 atom stereocenters. The minimum atomic E-state index is -3.94. The maximum Gasteiger partial charge on any atom is 0.243 e. The Balaban J connectivity index is 3.14. The molecule has 108 valence electrons. The first kappa shape index (κ1) is 16.1. The Morgan fingerprint density at radius 2 is 2.05 bits per heavy atom. The minimum absolute atomic E-state index is 0.136. The van der Waals surface area contributed by atoms with Crippen LogP contribution >= 0.6 is 0 Å². The second-order valence-electron chi connectivity index (χ2n) is 4.93. The number of aliphatic hydroxyl groups is 1. The van der Waals surface area contributed by atoms with E-state index in [0.717, 1.165) is 6.07 Å². The first-order chi connectivity index (χ1) is 8.74. The minimum Gasteiger partial charge on any atom is -0.396 e. The van der Waals surface area contributed by atoms with Crippen LogP contribution < -0.4 is 4.72 Å². The van der Waals surface area contributed by atoms with Gasteiger partial charge < -0.3 is 5.11 Å². The predicted molar refractivity (Wildman–Crippen MR) is 71.9 cm³/mol. The van der Waals surface area contributed by atoms with Crippen LogP contribution in [0.5, 0.6) is 0 Å². The Kier molecular flexibility index (Phi) is 5.06. The van der Waals surface area contributed by atoms with Crippen molar-refractivity contribution >= 4 is 10.0 Å². The first-order valence-electron chi connectivity index (χ1n) is 6.15. The third-order valence-electron chi connectivity index (χ3n) is 3.20. The molecule has 0 radical (unpaired) electrons. The molecule has 0 bridgehead atoms. The fourth-order valence-corrected chi connectivity index (χ4v) is 3.41. The molecule has 0 fully saturated rings. The maximum atomic E-state index is 13.7. The molecule has 0 aliphatic rings. The van der Waals surface area contributed by atoms with E-state index in [1.165, 1.54) is 12.1 Å². The summed E-state index contributed by atoms with van der Waals surface area (Å²) in [6, 6.07) is 3.95. The number of aryl methyl sites for hydroxylation is 1. The molecular formula is C13H20FNO3S. The smallest absolute Gasteiger partial charge is 0.243 e. The summed E-state index contributed by atoms with van der Waals surface area (Å²) < 4.78 is 40.6. The van der Waals surface area contributed by atoms with E-state index in [4.69, 9.17) is 5.11 Å². The first-order valence-corrected chi connectivity index (χ1v) is 7.63. The molecule has 2 N–H and O–H groups in total. The van der Waals surface area contributed by atoms with Crippen LogP contribution in [0.15, 0.2) is 23.1 Å². The zero-order valence-corrected chi connectivity index (χ0v) is 12.2. The van der Waals surface area contributed by atoms with E-state index < -0.39 is 21.4 Å². The molecule has 0 aliphatic heterocycles. The summed E-state index contributed by atoms with van der Waals surface area (Å²) in [6.45, 7) is 5.06. The third-order valence-corrected chi connectivity index (χ3v) is 4.85. The molecule has 0 saturated carbocycles. The Hall–Kier alpha value is -0.980. The average Bonchev–Trinajstić information content (AvgIpc) is 2.31. The van der Waals surface area contributed by atoms with Crippen molar-refractivity contribution < 1.29 is 17.9 Å². The second kappa shape index (κ2) is 5.98. The molecule has 1 unspecified atom stereocenters. The lowest BCUT2D eigenvalue weighted by Crippen LogP contribution is -2.46. The number of benzene rings is 1. The van der Waals surface area contributed by atoms with Gasteiger partial charge in [0.05, 0.1) is 0 Å². The normalized spacial score (nSPS) is 15.2. The van der Waals surface area contributed by atoms with Gasteiger partial charge in [-0.1, -0.05) is 13.0 Å². The van der Waals surface area contributed by atoms with Gasteiger partial charge in [-0.15, -0.1) is 0 Å². The van der Waals surface area contributed by atoms with E-state index in [1.54, 1.807) is 13.8 Å². The van der Waals surface area contributed by atoms with Gasteiger partial charge in [0, 0.05) is 12.1 Å². The summed E-state index contributed by atoms with van der Waals surface area (Å²) in [5.74, 6) is -0.777. The molecule has 1 rings (SSSR count). The highest BCUT2D eigenvalue weighted by Gasteiger charge is 2.30. The van der Waals surface area contributed by atoms with Gasteiger partial charge in [-0.2, -0.15) is 0 Å². The van der Waals surface area contributed by atoms with Gasteiger partial charge in [-0.25, -0.2) is 17.5 Å². The molecule has 0 aliphatic carbocycles. The van der Waals surface area contributed by atoms with Crippen LogP contribution in [0.25, 0.3) is 0 Å². The summed E-state index contributed by atoms with van der Waals surface area (Å²) in [5, 5.41) is 8.99. The number of halogens is 1. The van der Waals surface area contributed by atoms with Crippen molar-refractivity contribution in [2.75, 3.05) is 6.61 Å². The van der Waals surface area contributed by atoms with Gasteiger partial charge in [-0.3, -0.25) is 0 Å². The molecule has 0 heterocycles. The molecule has 0 saturated heterocycles. The fourth-order valence-electron chi connectivity index (χ4n) is 1.74. The third kappa shape index (κ3) is 3.99. The Morgan fingerprint density at radius 3 is 2.58 bits per heavy atom. The van der Waals surface area contributed by atoms with E-state index in [9.17, 15) is 12.8 Å². The number of rotatable bonds is 6. The largest absolute Gasteiger partial charge is 0.396 e. The fraction of sp³-hybridized carbons (Fsp3) is 0.538. The summed E-state index contributed by atoms with van der Waals surface area (Å²) in [6.07, 6.45) is 0.774. The lowest BCUT2D eigenvalue weighted by atomic mass is 9.97. The van der Waals surface area contributed by atoms with Crippen LogP contribution in [0.3, 0.4) is 0 Å². The van der Waals surface area contributed by atoms with E-state index in [-0.39, 0.29) is 17.9 Å². The lowest BCUT2D eigenvalue weighted by Gasteiger charge is -2.28. The molecule has 6 heteroatoms. The van der Waals surface area contributed by atoms with Crippen molar-refractivity contribution in [3.05, 3.63) is 29.6 Å². The number of hydrogen-bond acceptors (Lipinski definition) is 3. The van der Waals surface area contributed by atoms with Crippen LogP contribution in [-0.4, -0.2) is 25.7 Å². The zero-order valence-electron chi connectivity index (χ0n) is 11.4.